The molecule has 4 aromatic carbocycles. The van der Waals surface area contributed by atoms with Gasteiger partial charge in [-0.15, -0.1) is 0 Å². The van der Waals surface area contributed by atoms with Crippen LogP contribution in [0.4, 0.5) is 0 Å². The van der Waals surface area contributed by atoms with E-state index in [-0.39, 0.29) is 0 Å². The highest BCUT2D eigenvalue weighted by Crippen LogP contribution is 2.44. The molecular formula is C31H27Cl. The number of hydrogen-bond donors (Lipinski definition) is 0. The largest absolute Gasteiger partial charge is 0.0843 e. The van der Waals surface area contributed by atoms with Crippen molar-refractivity contribution in [3.63, 3.8) is 0 Å². The van der Waals surface area contributed by atoms with E-state index in [2.05, 4.69) is 91.0 Å². The number of benzene rings is 4. The summed E-state index contributed by atoms with van der Waals surface area (Å²) in [4.78, 5) is 0. The highest BCUT2D eigenvalue weighted by Gasteiger charge is 2.32. The minimum absolute atomic E-state index is 0.517. The first-order valence-electron chi connectivity index (χ1n) is 11.8. The van der Waals surface area contributed by atoms with Crippen LogP contribution >= 0.6 is 11.6 Å². The van der Waals surface area contributed by atoms with E-state index in [9.17, 15) is 0 Å². The van der Waals surface area contributed by atoms with E-state index >= 15 is 0 Å². The molecule has 0 aromatic heterocycles. The van der Waals surface area contributed by atoms with Crippen LogP contribution in [0.2, 0.25) is 5.02 Å². The Hall–Kier alpha value is -2.83. The molecule has 0 aliphatic heterocycles. The third-order valence-electron chi connectivity index (χ3n) is 7.59. The molecule has 2 aliphatic rings. The molecule has 6 rings (SSSR count). The molecule has 0 saturated heterocycles. The first kappa shape index (κ1) is 19.8. The summed E-state index contributed by atoms with van der Waals surface area (Å²) in [5.41, 5.74) is 12.0. The van der Waals surface area contributed by atoms with Gasteiger partial charge < -0.3 is 0 Å². The van der Waals surface area contributed by atoms with Crippen LogP contribution in [0.25, 0.3) is 11.1 Å². The van der Waals surface area contributed by atoms with Gasteiger partial charge in [0.1, 0.15) is 0 Å². The Morgan fingerprint density at radius 3 is 2.25 bits per heavy atom. The summed E-state index contributed by atoms with van der Waals surface area (Å²) in [6.07, 6.45) is 5.70. The van der Waals surface area contributed by atoms with Gasteiger partial charge in [-0.1, -0.05) is 90.5 Å². The molecule has 0 heterocycles. The lowest BCUT2D eigenvalue weighted by molar-refractivity contribution is 0.390. The second-order valence-corrected chi connectivity index (χ2v) is 9.84. The van der Waals surface area contributed by atoms with Gasteiger partial charge in [-0.05, 0) is 101 Å². The summed E-state index contributed by atoms with van der Waals surface area (Å²) in [7, 11) is 0. The molecule has 2 atom stereocenters. The van der Waals surface area contributed by atoms with Crippen LogP contribution in [0.3, 0.4) is 0 Å². The van der Waals surface area contributed by atoms with E-state index in [0.29, 0.717) is 11.8 Å². The zero-order chi connectivity index (χ0) is 21.5. The van der Waals surface area contributed by atoms with Crippen LogP contribution in [-0.2, 0) is 32.1 Å². The van der Waals surface area contributed by atoms with Crippen molar-refractivity contribution in [3.05, 3.63) is 129 Å². The van der Waals surface area contributed by atoms with Crippen LogP contribution < -0.4 is 0 Å². The van der Waals surface area contributed by atoms with Crippen molar-refractivity contribution in [2.24, 2.45) is 5.92 Å². The standard InChI is InChI=1S/C31H27Cl/c32-26-14-10-23(11-15-26)30-20-31-24(19-25(30)18-21-6-2-1-3-7-21)13-17-28-27-9-5-4-8-22(27)12-16-29(28)31/h1-11,13-15,17,25,30H,12,16,18-20H2. The molecule has 0 saturated carbocycles. The number of halogens is 1. The summed E-state index contributed by atoms with van der Waals surface area (Å²) in [6.45, 7) is 0. The van der Waals surface area contributed by atoms with Crippen LogP contribution in [-0.4, -0.2) is 0 Å². The predicted molar refractivity (Wildman–Crippen MR) is 135 cm³/mol. The summed E-state index contributed by atoms with van der Waals surface area (Å²) in [5.74, 6) is 1.11. The van der Waals surface area contributed by atoms with Crippen LogP contribution in [0.5, 0.6) is 0 Å². The fraction of sp³-hybridized carbons (Fsp3) is 0.226. The Morgan fingerprint density at radius 1 is 0.625 bits per heavy atom. The zero-order valence-corrected chi connectivity index (χ0v) is 19.0. The second-order valence-electron chi connectivity index (χ2n) is 9.40. The first-order chi connectivity index (χ1) is 15.8. The van der Waals surface area contributed by atoms with Crippen molar-refractivity contribution in [2.75, 3.05) is 0 Å². The summed E-state index contributed by atoms with van der Waals surface area (Å²) in [6, 6.07) is 33.4. The fourth-order valence-electron chi connectivity index (χ4n) is 6.03. The van der Waals surface area contributed by atoms with E-state index in [4.69, 9.17) is 11.6 Å². The van der Waals surface area contributed by atoms with Crippen molar-refractivity contribution in [1.82, 2.24) is 0 Å². The molecule has 2 unspecified atom stereocenters. The lowest BCUT2D eigenvalue weighted by atomic mass is 9.68. The minimum atomic E-state index is 0.517. The van der Waals surface area contributed by atoms with Gasteiger partial charge in [0.05, 0.1) is 0 Å². The first-order valence-corrected chi connectivity index (χ1v) is 12.2. The van der Waals surface area contributed by atoms with Crippen molar-refractivity contribution >= 4 is 11.6 Å². The normalized spacial score (nSPS) is 19.0. The highest BCUT2D eigenvalue weighted by molar-refractivity contribution is 6.30. The van der Waals surface area contributed by atoms with Gasteiger partial charge in [-0.25, -0.2) is 0 Å². The molecule has 0 fully saturated rings. The number of fused-ring (bicyclic) bond motifs is 5. The zero-order valence-electron chi connectivity index (χ0n) is 18.2. The molecule has 0 bridgehead atoms. The fourth-order valence-corrected chi connectivity index (χ4v) is 6.15. The third-order valence-corrected chi connectivity index (χ3v) is 7.85. The van der Waals surface area contributed by atoms with Gasteiger partial charge in [-0.3, -0.25) is 0 Å². The second kappa shape index (κ2) is 8.26. The van der Waals surface area contributed by atoms with Crippen LogP contribution in [0.1, 0.15) is 39.3 Å². The smallest absolute Gasteiger partial charge is 0.0406 e. The average Bonchev–Trinajstić information content (AvgIpc) is 2.84. The van der Waals surface area contributed by atoms with Gasteiger partial charge in [0.25, 0.3) is 0 Å². The van der Waals surface area contributed by atoms with Gasteiger partial charge >= 0.3 is 0 Å². The maximum atomic E-state index is 6.24. The maximum Gasteiger partial charge on any atom is 0.0406 e. The molecule has 1 heteroatoms. The number of rotatable bonds is 3. The van der Waals surface area contributed by atoms with E-state index in [0.717, 1.165) is 37.1 Å². The lowest BCUT2D eigenvalue weighted by Crippen LogP contribution is -2.27. The topological polar surface area (TPSA) is 0 Å². The van der Waals surface area contributed by atoms with E-state index in [1.807, 2.05) is 0 Å². The minimum Gasteiger partial charge on any atom is -0.0843 e. The molecule has 0 amide bonds. The van der Waals surface area contributed by atoms with E-state index in [1.54, 1.807) is 16.7 Å². The number of hydrogen-bond acceptors (Lipinski definition) is 0. The molecule has 0 spiro atoms. The SMILES string of the molecule is Clc1ccc(C2Cc3c(ccc4c3CCc3ccccc3-4)CC2Cc2ccccc2)cc1. The maximum absolute atomic E-state index is 6.24. The molecule has 4 aromatic rings. The Bertz CT molecular complexity index is 1250. The van der Waals surface area contributed by atoms with Crippen LogP contribution in [0.15, 0.2) is 91.0 Å². The van der Waals surface area contributed by atoms with Gasteiger partial charge in [0.15, 0.2) is 0 Å². The molecular weight excluding hydrogens is 408 g/mol. The molecule has 0 radical (unpaired) electrons. The Morgan fingerprint density at radius 2 is 1.41 bits per heavy atom. The van der Waals surface area contributed by atoms with Gasteiger partial charge in [0.2, 0.25) is 0 Å². The summed E-state index contributed by atoms with van der Waals surface area (Å²) in [5, 5.41) is 0.818. The monoisotopic (exact) mass is 434 g/mol. The Kier molecular flexibility index (Phi) is 5.12. The Labute approximate surface area is 195 Å². The van der Waals surface area contributed by atoms with Crippen molar-refractivity contribution in [3.8, 4) is 11.1 Å². The van der Waals surface area contributed by atoms with Crippen LogP contribution in [0, 0.1) is 5.92 Å². The van der Waals surface area contributed by atoms with E-state index in [1.165, 1.54) is 27.8 Å². The molecule has 2 aliphatic carbocycles. The highest BCUT2D eigenvalue weighted by atomic mass is 35.5. The van der Waals surface area contributed by atoms with Crippen molar-refractivity contribution in [2.45, 2.75) is 38.0 Å². The molecule has 0 nitrogen and oxygen atoms in total. The molecule has 32 heavy (non-hydrogen) atoms. The average molecular weight is 435 g/mol. The number of aryl methyl sites for hydroxylation is 1. The van der Waals surface area contributed by atoms with Gasteiger partial charge in [0, 0.05) is 5.02 Å². The van der Waals surface area contributed by atoms with E-state index < -0.39 is 0 Å². The summed E-state index contributed by atoms with van der Waals surface area (Å²) >= 11 is 6.24. The lowest BCUT2D eigenvalue weighted by Gasteiger charge is -2.36. The predicted octanol–water partition coefficient (Wildman–Crippen LogP) is 7.85. The summed E-state index contributed by atoms with van der Waals surface area (Å²) < 4.78 is 0. The molecule has 158 valence electrons. The van der Waals surface area contributed by atoms with Crippen molar-refractivity contribution < 1.29 is 0 Å². The Balaban J connectivity index is 1.43. The third kappa shape index (κ3) is 3.57. The molecule has 0 N–H and O–H groups in total. The van der Waals surface area contributed by atoms with Crippen molar-refractivity contribution in [1.29, 1.82) is 0 Å². The van der Waals surface area contributed by atoms with Gasteiger partial charge in [-0.2, -0.15) is 0 Å². The quantitative estimate of drug-likeness (QED) is 0.308.